The van der Waals surface area contributed by atoms with Gasteiger partial charge < -0.3 is 9.67 Å². The smallest absolute Gasteiger partial charge is 0.191 e. The van der Waals surface area contributed by atoms with Crippen molar-refractivity contribution in [3.8, 4) is 17.5 Å². The summed E-state index contributed by atoms with van der Waals surface area (Å²) in [6, 6.07) is 18.1. The van der Waals surface area contributed by atoms with E-state index in [1.54, 1.807) is 0 Å². The van der Waals surface area contributed by atoms with Crippen molar-refractivity contribution in [1.82, 2.24) is 19.7 Å². The van der Waals surface area contributed by atoms with Gasteiger partial charge in [-0.25, -0.2) is 4.98 Å². The molecule has 2 aromatic heterocycles. The lowest BCUT2D eigenvalue weighted by molar-refractivity contribution is 0.420. The molecule has 0 fully saturated rings. The third kappa shape index (κ3) is 4.40. The van der Waals surface area contributed by atoms with Gasteiger partial charge in [0.15, 0.2) is 11.0 Å². The third-order valence-corrected chi connectivity index (χ3v) is 7.18. The Kier molecular flexibility index (Phi) is 6.04. The van der Waals surface area contributed by atoms with Crippen LogP contribution in [0.1, 0.15) is 31.3 Å². The van der Waals surface area contributed by atoms with Gasteiger partial charge >= 0.3 is 0 Å². The molecule has 4 rings (SSSR count). The lowest BCUT2D eigenvalue weighted by Gasteiger charge is -2.19. The van der Waals surface area contributed by atoms with Crippen LogP contribution in [0.4, 0.5) is 0 Å². The molecule has 6 nitrogen and oxygen atoms in total. The Balaban J connectivity index is 1.53. The molecular weight excluding hydrogens is 438 g/mol. The molecule has 0 spiro atoms. The van der Waals surface area contributed by atoms with E-state index in [2.05, 4.69) is 66.3 Å². The second-order valence-electron chi connectivity index (χ2n) is 8.40. The second-order valence-corrected chi connectivity index (χ2v) is 10.4. The van der Waals surface area contributed by atoms with Gasteiger partial charge in [-0.1, -0.05) is 68.9 Å². The van der Waals surface area contributed by atoms with Crippen LogP contribution in [0.2, 0.25) is 0 Å². The van der Waals surface area contributed by atoms with Gasteiger partial charge in [0.05, 0.1) is 16.0 Å². The first-order chi connectivity index (χ1) is 15.3. The zero-order valence-corrected chi connectivity index (χ0v) is 20.0. The van der Waals surface area contributed by atoms with Crippen molar-refractivity contribution in [3.63, 3.8) is 0 Å². The molecule has 2 heterocycles. The standard InChI is InChI=1S/C24H23N5OS2/c1-24(2,3)16-11-9-15(10-12-16)21-27-28-23(29(21)4)31-14-19(30)17(13-25)22-26-18-7-5-6-8-20(18)32-22/h5-12,30H,14H2,1-4H3/b19-17+. The molecule has 0 radical (unpaired) electrons. The van der Waals surface area contributed by atoms with Gasteiger partial charge in [-0.3, -0.25) is 0 Å². The number of nitriles is 1. The number of thiazole rings is 1. The molecule has 0 aliphatic heterocycles. The summed E-state index contributed by atoms with van der Waals surface area (Å²) in [4.78, 5) is 4.48. The molecule has 4 aromatic rings. The van der Waals surface area contributed by atoms with Gasteiger partial charge in [-0.2, -0.15) is 5.26 Å². The molecule has 1 N–H and O–H groups in total. The van der Waals surface area contributed by atoms with Crippen molar-refractivity contribution in [1.29, 1.82) is 5.26 Å². The summed E-state index contributed by atoms with van der Waals surface area (Å²) in [6.07, 6.45) is 0. The first-order valence-corrected chi connectivity index (χ1v) is 11.9. The summed E-state index contributed by atoms with van der Waals surface area (Å²) in [5, 5.41) is 30.0. The summed E-state index contributed by atoms with van der Waals surface area (Å²) >= 11 is 2.72. The number of aliphatic hydroxyl groups excluding tert-OH is 1. The van der Waals surface area contributed by atoms with Gasteiger partial charge in [-0.05, 0) is 23.1 Å². The fourth-order valence-corrected chi connectivity index (χ4v) is 5.00. The number of hydrogen-bond donors (Lipinski definition) is 1. The number of allylic oxidation sites excluding steroid dienone is 1. The van der Waals surface area contributed by atoms with E-state index in [4.69, 9.17) is 0 Å². The van der Waals surface area contributed by atoms with Crippen LogP contribution < -0.4 is 0 Å². The highest BCUT2D eigenvalue weighted by molar-refractivity contribution is 7.99. The van der Waals surface area contributed by atoms with Crippen molar-refractivity contribution >= 4 is 38.9 Å². The molecule has 32 heavy (non-hydrogen) atoms. The molecule has 0 atom stereocenters. The number of hydrogen-bond acceptors (Lipinski definition) is 7. The van der Waals surface area contributed by atoms with E-state index in [1.807, 2.05) is 35.9 Å². The molecule has 0 aliphatic rings. The third-order valence-electron chi connectivity index (χ3n) is 5.09. The quantitative estimate of drug-likeness (QED) is 0.224. The van der Waals surface area contributed by atoms with Crippen LogP contribution in [-0.2, 0) is 12.5 Å². The van der Waals surface area contributed by atoms with Crippen molar-refractivity contribution in [2.24, 2.45) is 7.05 Å². The second kappa shape index (κ2) is 8.77. The number of aliphatic hydroxyl groups is 1. The molecule has 0 unspecified atom stereocenters. The molecule has 0 saturated heterocycles. The average Bonchev–Trinajstić information content (AvgIpc) is 3.35. The number of para-hydroxylation sites is 1. The maximum Gasteiger partial charge on any atom is 0.191 e. The minimum atomic E-state index is -0.0179. The number of benzene rings is 2. The Labute approximate surface area is 195 Å². The predicted molar refractivity (Wildman–Crippen MR) is 131 cm³/mol. The molecule has 0 saturated carbocycles. The minimum absolute atomic E-state index is 0.0179. The largest absolute Gasteiger partial charge is 0.510 e. The van der Waals surface area contributed by atoms with Crippen molar-refractivity contribution in [2.45, 2.75) is 31.3 Å². The topological polar surface area (TPSA) is 87.6 Å². The molecule has 8 heteroatoms. The van der Waals surface area contributed by atoms with Crippen LogP contribution in [-0.4, -0.2) is 30.6 Å². The highest BCUT2D eigenvalue weighted by Crippen LogP contribution is 2.31. The number of fused-ring (bicyclic) bond motifs is 1. The fraction of sp³-hybridized carbons (Fsp3) is 0.250. The molecule has 2 aromatic carbocycles. The lowest BCUT2D eigenvalue weighted by atomic mass is 9.87. The Morgan fingerprint density at radius 3 is 2.50 bits per heavy atom. The highest BCUT2D eigenvalue weighted by Gasteiger charge is 2.18. The highest BCUT2D eigenvalue weighted by atomic mass is 32.2. The number of rotatable bonds is 5. The molecule has 0 amide bonds. The number of aromatic nitrogens is 4. The van der Waals surface area contributed by atoms with E-state index in [1.165, 1.54) is 28.7 Å². The van der Waals surface area contributed by atoms with Crippen LogP contribution in [0.5, 0.6) is 0 Å². The van der Waals surface area contributed by atoms with E-state index < -0.39 is 0 Å². The summed E-state index contributed by atoms with van der Waals surface area (Å²) in [5.74, 6) is 0.937. The Morgan fingerprint density at radius 2 is 1.84 bits per heavy atom. The first-order valence-electron chi connectivity index (χ1n) is 10.1. The van der Waals surface area contributed by atoms with Crippen LogP contribution in [0.25, 0.3) is 27.2 Å². The monoisotopic (exact) mass is 461 g/mol. The van der Waals surface area contributed by atoms with Crippen LogP contribution in [0.3, 0.4) is 0 Å². The first kappa shape index (κ1) is 22.1. The molecular formula is C24H23N5OS2. The number of thioether (sulfide) groups is 1. The van der Waals surface area contributed by atoms with Gasteiger partial charge in [0.2, 0.25) is 0 Å². The average molecular weight is 462 g/mol. The van der Waals surface area contributed by atoms with Crippen LogP contribution >= 0.6 is 23.1 Å². The maximum atomic E-state index is 10.6. The van der Waals surface area contributed by atoms with Crippen molar-refractivity contribution in [2.75, 3.05) is 5.75 Å². The van der Waals surface area contributed by atoms with Crippen LogP contribution in [0.15, 0.2) is 59.4 Å². The van der Waals surface area contributed by atoms with Gasteiger partial charge in [0.1, 0.15) is 22.4 Å². The minimum Gasteiger partial charge on any atom is -0.510 e. The van der Waals surface area contributed by atoms with E-state index in [9.17, 15) is 10.4 Å². The van der Waals surface area contributed by atoms with E-state index >= 15 is 0 Å². The molecule has 0 aliphatic carbocycles. The fourth-order valence-electron chi connectivity index (χ4n) is 3.23. The van der Waals surface area contributed by atoms with Crippen molar-refractivity contribution in [3.05, 3.63) is 64.9 Å². The van der Waals surface area contributed by atoms with Gasteiger partial charge in [0.25, 0.3) is 0 Å². The zero-order valence-electron chi connectivity index (χ0n) is 18.3. The summed E-state index contributed by atoms with van der Waals surface area (Å²) in [7, 11) is 1.90. The molecule has 0 bridgehead atoms. The summed E-state index contributed by atoms with van der Waals surface area (Å²) < 4.78 is 2.87. The zero-order chi connectivity index (χ0) is 22.9. The van der Waals surface area contributed by atoms with Gasteiger partial charge in [-0.15, -0.1) is 21.5 Å². The normalized spacial score (nSPS) is 12.6. The molecule has 162 valence electrons. The SMILES string of the molecule is Cn1c(SC/C(O)=C(/C#N)c2nc3ccccc3s2)nnc1-c1ccc(C(C)(C)C)cc1. The van der Waals surface area contributed by atoms with Gasteiger partial charge in [0, 0.05) is 12.6 Å². The maximum absolute atomic E-state index is 10.6. The predicted octanol–water partition coefficient (Wildman–Crippen LogP) is 5.97. The van der Waals surface area contributed by atoms with E-state index in [0.717, 1.165) is 21.6 Å². The van der Waals surface area contributed by atoms with E-state index in [-0.39, 0.29) is 22.5 Å². The Morgan fingerprint density at radius 1 is 1.12 bits per heavy atom. The Hall–Kier alpha value is -3.15. The van der Waals surface area contributed by atoms with E-state index in [0.29, 0.717) is 10.2 Å². The van der Waals surface area contributed by atoms with Crippen LogP contribution in [0, 0.1) is 11.3 Å². The number of nitrogens with zero attached hydrogens (tertiary/aromatic N) is 5. The summed E-state index contributed by atoms with van der Waals surface area (Å²) in [5.41, 5.74) is 3.33. The summed E-state index contributed by atoms with van der Waals surface area (Å²) in [6.45, 7) is 6.55. The lowest BCUT2D eigenvalue weighted by Crippen LogP contribution is -2.10. The Bertz CT molecular complexity index is 1300. The van der Waals surface area contributed by atoms with Crippen molar-refractivity contribution < 1.29 is 5.11 Å².